The molecule has 2 aromatic rings. The zero-order valence-electron chi connectivity index (χ0n) is 9.86. The van der Waals surface area contributed by atoms with Crippen molar-refractivity contribution >= 4 is 22.6 Å². The van der Waals surface area contributed by atoms with Crippen molar-refractivity contribution in [3.63, 3.8) is 0 Å². The molecule has 0 spiro atoms. The van der Waals surface area contributed by atoms with E-state index in [1.165, 1.54) is 13.8 Å². The number of Topliss-reactive ketones (excluding diaryl/α,β-unsaturated/α-hetero) is 2. The van der Waals surface area contributed by atoms with Crippen molar-refractivity contribution in [2.75, 3.05) is 0 Å². The van der Waals surface area contributed by atoms with E-state index in [2.05, 4.69) is 9.97 Å². The molecule has 1 N–H and O–H groups in total. The van der Waals surface area contributed by atoms with Crippen LogP contribution in [0.2, 0.25) is 0 Å². The van der Waals surface area contributed by atoms with E-state index < -0.39 is 5.92 Å². The van der Waals surface area contributed by atoms with Gasteiger partial charge in [-0.25, -0.2) is 4.98 Å². The molecule has 0 atom stereocenters. The maximum atomic E-state index is 11.3. The second-order valence-electron chi connectivity index (χ2n) is 4.18. The van der Waals surface area contributed by atoms with Gasteiger partial charge in [-0.3, -0.25) is 9.59 Å². The number of hydrogen-bond donors (Lipinski definition) is 1. The molecule has 0 aliphatic heterocycles. The van der Waals surface area contributed by atoms with Crippen molar-refractivity contribution in [1.29, 1.82) is 0 Å². The number of nitrogens with zero attached hydrogens (tertiary/aromatic N) is 1. The molecule has 0 aliphatic carbocycles. The SMILES string of the molecule is CC(=O)C(Cc1nc2ccccc2[nH]1)C(C)=O. The number of rotatable bonds is 4. The van der Waals surface area contributed by atoms with Gasteiger partial charge in [0.1, 0.15) is 17.4 Å². The zero-order chi connectivity index (χ0) is 12.4. The van der Waals surface area contributed by atoms with Crippen LogP contribution < -0.4 is 0 Å². The van der Waals surface area contributed by atoms with Crippen LogP contribution in [-0.2, 0) is 16.0 Å². The number of hydrogen-bond acceptors (Lipinski definition) is 3. The summed E-state index contributed by atoms with van der Waals surface area (Å²) in [5.74, 6) is -0.131. The van der Waals surface area contributed by atoms with Gasteiger partial charge < -0.3 is 4.98 Å². The van der Waals surface area contributed by atoms with Gasteiger partial charge in [-0.2, -0.15) is 0 Å². The molecule has 17 heavy (non-hydrogen) atoms. The third kappa shape index (κ3) is 2.41. The lowest BCUT2D eigenvalue weighted by Gasteiger charge is -2.07. The molecule has 0 radical (unpaired) electrons. The Balaban J connectivity index is 2.28. The lowest BCUT2D eigenvalue weighted by Crippen LogP contribution is -2.22. The number of benzene rings is 1. The van der Waals surface area contributed by atoms with Crippen LogP contribution in [-0.4, -0.2) is 21.5 Å². The highest BCUT2D eigenvalue weighted by Gasteiger charge is 2.21. The zero-order valence-corrected chi connectivity index (χ0v) is 9.86. The van der Waals surface area contributed by atoms with Gasteiger partial charge in [0, 0.05) is 6.42 Å². The van der Waals surface area contributed by atoms with Gasteiger partial charge in [-0.1, -0.05) is 12.1 Å². The highest BCUT2D eigenvalue weighted by atomic mass is 16.1. The van der Waals surface area contributed by atoms with Crippen molar-refractivity contribution in [2.24, 2.45) is 5.92 Å². The Morgan fingerprint density at radius 2 is 1.88 bits per heavy atom. The number of ketones is 2. The Morgan fingerprint density at radius 1 is 1.24 bits per heavy atom. The van der Waals surface area contributed by atoms with E-state index in [-0.39, 0.29) is 11.6 Å². The number of fused-ring (bicyclic) bond motifs is 1. The molecular weight excluding hydrogens is 216 g/mol. The standard InChI is InChI=1S/C13H14N2O2/c1-8(16)10(9(2)17)7-13-14-11-5-3-4-6-12(11)15-13/h3-6,10H,7H2,1-2H3,(H,14,15). The summed E-state index contributed by atoms with van der Waals surface area (Å²) in [5, 5.41) is 0. The molecule has 88 valence electrons. The Bertz CT molecular complexity index is 525. The Hall–Kier alpha value is -1.97. The topological polar surface area (TPSA) is 62.8 Å². The molecule has 0 fully saturated rings. The van der Waals surface area contributed by atoms with Gasteiger partial charge in [0.2, 0.25) is 0 Å². The van der Waals surface area contributed by atoms with Crippen molar-refractivity contribution in [2.45, 2.75) is 20.3 Å². The highest BCUT2D eigenvalue weighted by Crippen LogP contribution is 2.14. The molecule has 4 heteroatoms. The van der Waals surface area contributed by atoms with Crippen molar-refractivity contribution < 1.29 is 9.59 Å². The second-order valence-corrected chi connectivity index (χ2v) is 4.18. The molecule has 0 saturated carbocycles. The summed E-state index contributed by atoms with van der Waals surface area (Å²) in [6, 6.07) is 7.63. The molecular formula is C13H14N2O2. The Morgan fingerprint density at radius 3 is 2.47 bits per heavy atom. The number of nitrogens with one attached hydrogen (secondary N) is 1. The van der Waals surface area contributed by atoms with Crippen LogP contribution in [0, 0.1) is 5.92 Å². The number of imidazole rings is 1. The average molecular weight is 230 g/mol. The molecule has 0 unspecified atom stereocenters. The predicted octanol–water partition coefficient (Wildman–Crippen LogP) is 1.90. The third-order valence-electron chi connectivity index (χ3n) is 2.82. The summed E-state index contributed by atoms with van der Waals surface area (Å²) < 4.78 is 0. The molecule has 0 amide bonds. The second kappa shape index (κ2) is 4.49. The van der Waals surface area contributed by atoms with Crippen molar-refractivity contribution in [1.82, 2.24) is 9.97 Å². The monoisotopic (exact) mass is 230 g/mol. The van der Waals surface area contributed by atoms with E-state index in [0.29, 0.717) is 12.2 Å². The molecule has 1 aromatic carbocycles. The van der Waals surface area contributed by atoms with Crippen LogP contribution in [0.1, 0.15) is 19.7 Å². The van der Waals surface area contributed by atoms with Gasteiger partial charge in [0.15, 0.2) is 0 Å². The first kappa shape index (κ1) is 11.5. The largest absolute Gasteiger partial charge is 0.342 e. The first-order valence-corrected chi connectivity index (χ1v) is 5.52. The fourth-order valence-corrected chi connectivity index (χ4v) is 1.87. The normalized spacial score (nSPS) is 11.0. The summed E-state index contributed by atoms with van der Waals surface area (Å²) in [6.45, 7) is 2.88. The van der Waals surface area contributed by atoms with Crippen LogP contribution in [0.5, 0.6) is 0 Å². The van der Waals surface area contributed by atoms with Crippen LogP contribution in [0.25, 0.3) is 11.0 Å². The van der Waals surface area contributed by atoms with Gasteiger partial charge in [-0.05, 0) is 26.0 Å². The van der Waals surface area contributed by atoms with Crippen LogP contribution >= 0.6 is 0 Å². The first-order chi connectivity index (χ1) is 8.08. The third-order valence-corrected chi connectivity index (χ3v) is 2.82. The van der Waals surface area contributed by atoms with Gasteiger partial charge in [0.05, 0.1) is 17.0 Å². The summed E-state index contributed by atoms with van der Waals surface area (Å²) in [5.41, 5.74) is 1.78. The van der Waals surface area contributed by atoms with E-state index >= 15 is 0 Å². The molecule has 1 aromatic heterocycles. The molecule has 0 aliphatic rings. The first-order valence-electron chi connectivity index (χ1n) is 5.52. The fourth-order valence-electron chi connectivity index (χ4n) is 1.87. The van der Waals surface area contributed by atoms with Crippen molar-refractivity contribution in [3.8, 4) is 0 Å². The maximum absolute atomic E-state index is 11.3. The van der Waals surface area contributed by atoms with Crippen LogP contribution in [0.15, 0.2) is 24.3 Å². The van der Waals surface area contributed by atoms with E-state index in [9.17, 15) is 9.59 Å². The summed E-state index contributed by atoms with van der Waals surface area (Å²) in [7, 11) is 0. The number of aromatic amines is 1. The minimum Gasteiger partial charge on any atom is -0.342 e. The van der Waals surface area contributed by atoms with Crippen LogP contribution in [0.3, 0.4) is 0 Å². The average Bonchev–Trinajstić information content (AvgIpc) is 2.67. The number of para-hydroxylation sites is 2. The Labute approximate surface area is 99.1 Å². The minimum atomic E-state index is -0.587. The lowest BCUT2D eigenvalue weighted by atomic mass is 9.97. The molecule has 0 saturated heterocycles. The smallest absolute Gasteiger partial charge is 0.140 e. The number of carbonyl (C=O) groups excluding carboxylic acids is 2. The van der Waals surface area contributed by atoms with Crippen molar-refractivity contribution in [3.05, 3.63) is 30.1 Å². The van der Waals surface area contributed by atoms with Gasteiger partial charge in [-0.15, -0.1) is 0 Å². The molecule has 2 rings (SSSR count). The number of H-pyrrole nitrogens is 1. The molecule has 1 heterocycles. The minimum absolute atomic E-state index is 0.113. The Kier molecular flexibility index (Phi) is 3.04. The summed E-state index contributed by atoms with van der Waals surface area (Å²) >= 11 is 0. The highest BCUT2D eigenvalue weighted by molar-refractivity contribution is 6.00. The fraction of sp³-hybridized carbons (Fsp3) is 0.308. The van der Waals surface area contributed by atoms with Gasteiger partial charge in [0.25, 0.3) is 0 Å². The summed E-state index contributed by atoms with van der Waals surface area (Å²) in [4.78, 5) is 30.2. The maximum Gasteiger partial charge on any atom is 0.140 e. The number of aromatic nitrogens is 2. The number of carbonyl (C=O) groups is 2. The molecule has 4 nitrogen and oxygen atoms in total. The quantitative estimate of drug-likeness (QED) is 0.816. The molecule has 0 bridgehead atoms. The predicted molar refractivity (Wildman–Crippen MR) is 64.6 cm³/mol. The van der Waals surface area contributed by atoms with E-state index in [1.54, 1.807) is 0 Å². The van der Waals surface area contributed by atoms with E-state index in [0.717, 1.165) is 11.0 Å². The lowest BCUT2D eigenvalue weighted by molar-refractivity contribution is -0.130. The van der Waals surface area contributed by atoms with E-state index in [1.807, 2.05) is 24.3 Å². The van der Waals surface area contributed by atoms with E-state index in [4.69, 9.17) is 0 Å². The summed E-state index contributed by atoms with van der Waals surface area (Å²) in [6.07, 6.45) is 0.347. The van der Waals surface area contributed by atoms with Gasteiger partial charge >= 0.3 is 0 Å². The van der Waals surface area contributed by atoms with Crippen LogP contribution in [0.4, 0.5) is 0 Å².